The van der Waals surface area contributed by atoms with E-state index in [0.29, 0.717) is 24.3 Å². The van der Waals surface area contributed by atoms with Crippen LogP contribution in [0.25, 0.3) is 0 Å². The Balaban J connectivity index is 1.33. The van der Waals surface area contributed by atoms with Crippen LogP contribution >= 0.6 is 0 Å². The third-order valence-electron chi connectivity index (χ3n) is 5.97. The van der Waals surface area contributed by atoms with Crippen LogP contribution in [0.4, 0.5) is 0 Å². The summed E-state index contributed by atoms with van der Waals surface area (Å²) in [7, 11) is 0. The van der Waals surface area contributed by atoms with Crippen molar-refractivity contribution in [1.82, 2.24) is 10.2 Å². The number of hydrogen-bond acceptors (Lipinski definition) is 3. The molecule has 0 radical (unpaired) electrons. The maximum Gasteiger partial charge on any atom is 0.290 e. The maximum atomic E-state index is 12.7. The summed E-state index contributed by atoms with van der Waals surface area (Å²) in [5.74, 6) is 1.65. The molecule has 1 saturated heterocycles. The second kappa shape index (κ2) is 6.61. The summed E-state index contributed by atoms with van der Waals surface area (Å²) in [5, 5.41) is 3.21. The molecule has 5 heteroatoms. The Kier molecular flexibility index (Phi) is 4.33. The molecule has 2 heterocycles. The molecule has 2 aliphatic carbocycles. The zero-order valence-corrected chi connectivity index (χ0v) is 14.1. The van der Waals surface area contributed by atoms with Gasteiger partial charge in [-0.1, -0.05) is 32.1 Å². The predicted octanol–water partition coefficient (Wildman–Crippen LogP) is 2.97. The van der Waals surface area contributed by atoms with Crippen LogP contribution in [0.1, 0.15) is 61.9 Å². The maximum absolute atomic E-state index is 12.7. The van der Waals surface area contributed by atoms with Gasteiger partial charge in [0.1, 0.15) is 6.04 Å². The number of amides is 2. The van der Waals surface area contributed by atoms with Crippen molar-refractivity contribution in [3.05, 3.63) is 24.2 Å². The molecule has 0 aromatic carbocycles. The molecular weight excluding hydrogens is 304 g/mol. The molecule has 24 heavy (non-hydrogen) atoms. The third-order valence-corrected chi connectivity index (χ3v) is 5.97. The average Bonchev–Trinajstić information content (AvgIpc) is 3.05. The molecule has 0 bridgehead atoms. The first-order valence-electron chi connectivity index (χ1n) is 9.39. The van der Waals surface area contributed by atoms with Crippen molar-refractivity contribution in [3.63, 3.8) is 0 Å². The van der Waals surface area contributed by atoms with E-state index < -0.39 is 0 Å². The van der Waals surface area contributed by atoms with E-state index in [1.54, 1.807) is 17.0 Å². The zero-order chi connectivity index (χ0) is 16.5. The summed E-state index contributed by atoms with van der Waals surface area (Å²) in [4.78, 5) is 26.8. The first-order chi connectivity index (χ1) is 11.7. The number of hydrogen-bond donors (Lipinski definition) is 1. The number of furan rings is 1. The highest BCUT2D eigenvalue weighted by molar-refractivity contribution is 5.96. The summed E-state index contributed by atoms with van der Waals surface area (Å²) >= 11 is 0. The Morgan fingerprint density at radius 1 is 1.12 bits per heavy atom. The Morgan fingerprint density at radius 3 is 2.71 bits per heavy atom. The monoisotopic (exact) mass is 330 g/mol. The summed E-state index contributed by atoms with van der Waals surface area (Å²) in [5.41, 5.74) is 0. The van der Waals surface area contributed by atoms with Crippen molar-refractivity contribution in [2.24, 2.45) is 11.8 Å². The number of likely N-dealkylation sites (tertiary alicyclic amines) is 1. The number of nitrogens with one attached hydrogen (secondary N) is 1. The lowest BCUT2D eigenvalue weighted by Gasteiger charge is -2.24. The zero-order valence-electron chi connectivity index (χ0n) is 14.1. The fourth-order valence-corrected chi connectivity index (χ4v) is 4.57. The topological polar surface area (TPSA) is 62.6 Å². The normalized spacial score (nSPS) is 30.3. The van der Waals surface area contributed by atoms with Crippen LogP contribution < -0.4 is 5.32 Å². The van der Waals surface area contributed by atoms with Crippen LogP contribution in [-0.2, 0) is 4.79 Å². The molecule has 4 rings (SSSR count). The summed E-state index contributed by atoms with van der Waals surface area (Å²) in [6, 6.07) is 3.37. The molecule has 0 unspecified atom stereocenters. The van der Waals surface area contributed by atoms with E-state index in [4.69, 9.17) is 4.42 Å². The summed E-state index contributed by atoms with van der Waals surface area (Å²) < 4.78 is 5.20. The fourth-order valence-electron chi connectivity index (χ4n) is 4.57. The van der Waals surface area contributed by atoms with Gasteiger partial charge in [-0.15, -0.1) is 0 Å². The van der Waals surface area contributed by atoms with Crippen LogP contribution in [0, 0.1) is 11.8 Å². The molecule has 1 aromatic heterocycles. The second-order valence-corrected chi connectivity index (χ2v) is 7.55. The predicted molar refractivity (Wildman–Crippen MR) is 89.4 cm³/mol. The van der Waals surface area contributed by atoms with E-state index in [9.17, 15) is 9.59 Å². The van der Waals surface area contributed by atoms with Crippen molar-refractivity contribution in [2.75, 3.05) is 6.54 Å². The quantitative estimate of drug-likeness (QED) is 0.923. The van der Waals surface area contributed by atoms with Crippen LogP contribution in [0.3, 0.4) is 0 Å². The van der Waals surface area contributed by atoms with Gasteiger partial charge in [0.2, 0.25) is 5.91 Å². The first-order valence-corrected chi connectivity index (χ1v) is 9.39. The number of carbonyl (C=O) groups is 2. The minimum Gasteiger partial charge on any atom is -0.459 e. The third kappa shape index (κ3) is 3.08. The molecule has 3 atom stereocenters. The Hall–Kier alpha value is -1.78. The lowest BCUT2D eigenvalue weighted by Crippen LogP contribution is -2.46. The molecular formula is C19H26N2O3. The highest BCUT2D eigenvalue weighted by Gasteiger charge is 2.45. The smallest absolute Gasteiger partial charge is 0.290 e. The molecule has 2 amide bonds. The number of carbonyl (C=O) groups excluding carboxylic acids is 2. The van der Waals surface area contributed by atoms with Crippen molar-refractivity contribution in [2.45, 2.75) is 63.5 Å². The Morgan fingerprint density at radius 2 is 1.96 bits per heavy atom. The largest absolute Gasteiger partial charge is 0.459 e. The minimum absolute atomic E-state index is 0.0238. The lowest BCUT2D eigenvalue weighted by molar-refractivity contribution is -0.125. The molecule has 2 saturated carbocycles. The Bertz CT molecular complexity index is 592. The molecule has 3 aliphatic rings. The van der Waals surface area contributed by atoms with E-state index in [-0.39, 0.29) is 17.9 Å². The van der Waals surface area contributed by atoms with Gasteiger partial charge < -0.3 is 14.6 Å². The van der Waals surface area contributed by atoms with Gasteiger partial charge >= 0.3 is 0 Å². The standard InChI is InChI=1S/C19H26N2O3/c22-18(20-15-12-14(15)13-6-2-1-3-7-13)16-8-4-10-21(16)19(23)17-9-5-11-24-17/h5,9,11,13-16H,1-4,6-8,10,12H2,(H,20,22)/t14-,15+,16+/m0/s1. The van der Waals surface area contributed by atoms with Gasteiger partial charge in [-0.05, 0) is 43.2 Å². The van der Waals surface area contributed by atoms with Crippen molar-refractivity contribution in [3.8, 4) is 0 Å². The van der Waals surface area contributed by atoms with Gasteiger partial charge in [0.05, 0.1) is 6.26 Å². The molecule has 130 valence electrons. The van der Waals surface area contributed by atoms with E-state index in [1.165, 1.54) is 38.4 Å². The Labute approximate surface area is 142 Å². The van der Waals surface area contributed by atoms with Crippen molar-refractivity contribution >= 4 is 11.8 Å². The minimum atomic E-state index is -0.338. The van der Waals surface area contributed by atoms with Gasteiger partial charge in [0.15, 0.2) is 5.76 Å². The summed E-state index contributed by atoms with van der Waals surface area (Å²) in [6.07, 6.45) is 10.9. The fraction of sp³-hybridized carbons (Fsp3) is 0.684. The van der Waals surface area contributed by atoms with Gasteiger partial charge in [-0.25, -0.2) is 0 Å². The van der Waals surface area contributed by atoms with Gasteiger partial charge in [0.25, 0.3) is 5.91 Å². The van der Waals surface area contributed by atoms with E-state index in [0.717, 1.165) is 25.2 Å². The van der Waals surface area contributed by atoms with E-state index in [1.807, 2.05) is 0 Å². The molecule has 1 N–H and O–H groups in total. The molecule has 1 aliphatic heterocycles. The van der Waals surface area contributed by atoms with Crippen molar-refractivity contribution < 1.29 is 14.0 Å². The first kappa shape index (κ1) is 15.7. The molecule has 3 fully saturated rings. The van der Waals surface area contributed by atoms with Gasteiger partial charge in [-0.2, -0.15) is 0 Å². The van der Waals surface area contributed by atoms with E-state index >= 15 is 0 Å². The van der Waals surface area contributed by atoms with Gasteiger partial charge in [-0.3, -0.25) is 9.59 Å². The van der Waals surface area contributed by atoms with Crippen LogP contribution in [0.15, 0.2) is 22.8 Å². The molecule has 0 spiro atoms. The SMILES string of the molecule is O=C(N[C@@H]1C[C@H]1C1CCCCC1)[C@H]1CCCN1C(=O)c1ccco1. The van der Waals surface area contributed by atoms with Gasteiger partial charge in [0, 0.05) is 12.6 Å². The van der Waals surface area contributed by atoms with Crippen LogP contribution in [-0.4, -0.2) is 35.3 Å². The highest BCUT2D eigenvalue weighted by atomic mass is 16.3. The number of rotatable bonds is 4. The van der Waals surface area contributed by atoms with Crippen molar-refractivity contribution in [1.29, 1.82) is 0 Å². The van der Waals surface area contributed by atoms with Crippen LogP contribution in [0.5, 0.6) is 0 Å². The highest BCUT2D eigenvalue weighted by Crippen LogP contribution is 2.44. The lowest BCUT2D eigenvalue weighted by atomic mass is 9.85. The van der Waals surface area contributed by atoms with Crippen LogP contribution in [0.2, 0.25) is 0 Å². The molecule has 5 nitrogen and oxygen atoms in total. The summed E-state index contributed by atoms with van der Waals surface area (Å²) in [6.45, 7) is 0.633. The number of nitrogens with zero attached hydrogens (tertiary/aromatic N) is 1. The van der Waals surface area contributed by atoms with E-state index in [2.05, 4.69) is 5.32 Å². The molecule has 1 aromatic rings. The average molecular weight is 330 g/mol. The second-order valence-electron chi connectivity index (χ2n) is 7.55.